The van der Waals surface area contributed by atoms with Crippen LogP contribution in [-0.2, 0) is 17.9 Å². The lowest BCUT2D eigenvalue weighted by Gasteiger charge is -2.22. The monoisotopic (exact) mass is 496 g/mol. The van der Waals surface area contributed by atoms with Crippen molar-refractivity contribution < 1.29 is 23.5 Å². The normalized spacial score (nSPS) is 13.2. The summed E-state index contributed by atoms with van der Waals surface area (Å²) in [5, 5.41) is 17.0. The topological polar surface area (TPSA) is 143 Å². The lowest BCUT2D eigenvalue weighted by molar-refractivity contribution is -0.133. The zero-order chi connectivity index (χ0) is 25.6. The fourth-order valence-electron chi connectivity index (χ4n) is 4.00. The van der Waals surface area contributed by atoms with Crippen LogP contribution in [0.25, 0.3) is 16.6 Å². The maximum Gasteiger partial charge on any atom is 0.341 e. The molecule has 1 aliphatic rings. The van der Waals surface area contributed by atoms with Crippen molar-refractivity contribution in [3.63, 3.8) is 0 Å². The Morgan fingerprint density at radius 1 is 1.14 bits per heavy atom. The number of aromatic amines is 1. The summed E-state index contributed by atoms with van der Waals surface area (Å²) in [6.45, 7) is -0.286. The molecule has 184 valence electrons. The number of aromatic nitrogens is 5. The van der Waals surface area contributed by atoms with E-state index in [0.29, 0.717) is 11.2 Å². The molecule has 0 unspecified atom stereocenters. The molecule has 0 bridgehead atoms. The van der Waals surface area contributed by atoms with E-state index < -0.39 is 34.4 Å². The summed E-state index contributed by atoms with van der Waals surface area (Å²) < 4.78 is 30.4. The van der Waals surface area contributed by atoms with Crippen LogP contribution in [0.3, 0.4) is 0 Å². The fourth-order valence-corrected chi connectivity index (χ4v) is 4.00. The molecular formula is C23H18F2N6O5. The Hall–Kier alpha value is -4.68. The first-order valence-corrected chi connectivity index (χ1v) is 10.9. The quantitative estimate of drug-likeness (QED) is 0.394. The van der Waals surface area contributed by atoms with E-state index in [1.165, 1.54) is 15.7 Å². The Morgan fingerprint density at radius 2 is 1.83 bits per heavy atom. The van der Waals surface area contributed by atoms with Gasteiger partial charge in [-0.1, -0.05) is 17.3 Å². The summed E-state index contributed by atoms with van der Waals surface area (Å²) in [7, 11) is 0. The number of benzene rings is 2. The van der Waals surface area contributed by atoms with Gasteiger partial charge in [0.05, 0.1) is 29.3 Å². The summed E-state index contributed by atoms with van der Waals surface area (Å²) in [6.07, 6.45) is 2.89. The number of carbonyl (C=O) groups excluding carboxylic acids is 1. The number of carboxylic acids is 1. The van der Waals surface area contributed by atoms with Crippen LogP contribution in [0.1, 0.15) is 28.9 Å². The number of nitrogens with zero attached hydrogens (tertiary/aromatic N) is 5. The third kappa shape index (κ3) is 4.26. The number of halogens is 2. The smallest absolute Gasteiger partial charge is 0.341 e. The molecule has 0 saturated heterocycles. The van der Waals surface area contributed by atoms with Gasteiger partial charge in [0.15, 0.2) is 0 Å². The summed E-state index contributed by atoms with van der Waals surface area (Å²) in [4.78, 5) is 52.5. The lowest BCUT2D eigenvalue weighted by Crippen LogP contribution is -2.39. The van der Waals surface area contributed by atoms with Crippen LogP contribution in [0.2, 0.25) is 0 Å². The highest BCUT2D eigenvalue weighted by Gasteiger charge is 2.33. The van der Waals surface area contributed by atoms with E-state index in [-0.39, 0.29) is 36.1 Å². The molecule has 4 aromatic rings. The largest absolute Gasteiger partial charge is 0.477 e. The maximum absolute atomic E-state index is 14.1. The van der Waals surface area contributed by atoms with Gasteiger partial charge in [0.25, 0.3) is 5.56 Å². The Bertz CT molecular complexity index is 1610. The van der Waals surface area contributed by atoms with Crippen molar-refractivity contribution in [3.8, 4) is 5.69 Å². The third-order valence-electron chi connectivity index (χ3n) is 5.88. The van der Waals surface area contributed by atoms with E-state index in [0.717, 1.165) is 29.7 Å². The standard InChI is InChI=1S/C23H18F2N6O5/c24-16-7-14(8-17(25)20(16)22(34)35)31-10-12(27-28-31)9-29(13-5-6-13)19(32)11-30-18-4-2-1-3-15(18)21(33)26-23(30)36/h1-4,7-8,10,13H,5-6,9,11H2,(H,34,35)(H,26,33,36). The number of H-pyrrole nitrogens is 1. The predicted molar refractivity (Wildman–Crippen MR) is 121 cm³/mol. The molecule has 13 heteroatoms. The summed E-state index contributed by atoms with van der Waals surface area (Å²) in [5.41, 5.74) is -1.76. The van der Waals surface area contributed by atoms with Gasteiger partial charge in [0.1, 0.15) is 29.4 Å². The van der Waals surface area contributed by atoms with E-state index in [9.17, 15) is 28.0 Å². The Morgan fingerprint density at radius 3 is 2.50 bits per heavy atom. The van der Waals surface area contributed by atoms with Gasteiger partial charge < -0.3 is 10.0 Å². The minimum absolute atomic E-state index is 0.0255. The average Bonchev–Trinajstić information content (AvgIpc) is 3.56. The van der Waals surface area contributed by atoms with Crippen LogP contribution < -0.4 is 11.2 Å². The van der Waals surface area contributed by atoms with Gasteiger partial charge in [0, 0.05) is 18.2 Å². The number of hydrogen-bond donors (Lipinski definition) is 2. The van der Waals surface area contributed by atoms with Crippen molar-refractivity contribution in [2.75, 3.05) is 0 Å². The zero-order valence-corrected chi connectivity index (χ0v) is 18.5. The van der Waals surface area contributed by atoms with Crippen molar-refractivity contribution in [2.45, 2.75) is 32.0 Å². The van der Waals surface area contributed by atoms with Crippen LogP contribution in [0.15, 0.2) is 52.2 Å². The molecule has 0 atom stereocenters. The molecule has 2 N–H and O–H groups in total. The second-order valence-electron chi connectivity index (χ2n) is 8.36. The van der Waals surface area contributed by atoms with Crippen molar-refractivity contribution >= 4 is 22.8 Å². The summed E-state index contributed by atoms with van der Waals surface area (Å²) >= 11 is 0. The molecule has 0 aliphatic heterocycles. The molecule has 0 spiro atoms. The number of hydrogen-bond acceptors (Lipinski definition) is 6. The van der Waals surface area contributed by atoms with Crippen LogP contribution in [0.4, 0.5) is 8.78 Å². The number of aromatic carboxylic acids is 1. The first-order chi connectivity index (χ1) is 17.2. The zero-order valence-electron chi connectivity index (χ0n) is 18.5. The summed E-state index contributed by atoms with van der Waals surface area (Å²) in [6, 6.07) is 8.03. The van der Waals surface area contributed by atoms with Gasteiger partial charge in [0.2, 0.25) is 5.91 Å². The number of para-hydroxylation sites is 1. The number of rotatable bonds is 7. The van der Waals surface area contributed by atoms with Gasteiger partial charge in [-0.3, -0.25) is 19.1 Å². The Balaban J connectivity index is 1.40. The van der Waals surface area contributed by atoms with Crippen molar-refractivity contribution in [3.05, 3.63) is 86.3 Å². The maximum atomic E-state index is 14.1. The molecule has 2 aromatic carbocycles. The third-order valence-corrected chi connectivity index (χ3v) is 5.88. The first kappa shape index (κ1) is 23.1. The molecule has 11 nitrogen and oxygen atoms in total. The second kappa shape index (κ2) is 8.83. The highest BCUT2D eigenvalue weighted by Crippen LogP contribution is 2.29. The molecule has 36 heavy (non-hydrogen) atoms. The van der Waals surface area contributed by atoms with Crippen molar-refractivity contribution in [2.24, 2.45) is 0 Å². The Kier molecular flexibility index (Phi) is 5.66. The molecule has 1 amide bonds. The van der Waals surface area contributed by atoms with Gasteiger partial charge in [-0.05, 0) is 25.0 Å². The van der Waals surface area contributed by atoms with Crippen LogP contribution >= 0.6 is 0 Å². The van der Waals surface area contributed by atoms with Crippen LogP contribution in [0.5, 0.6) is 0 Å². The Labute approximate surface area is 200 Å². The van der Waals surface area contributed by atoms with E-state index in [4.69, 9.17) is 5.11 Å². The predicted octanol–water partition coefficient (Wildman–Crippen LogP) is 1.44. The van der Waals surface area contributed by atoms with E-state index >= 15 is 0 Å². The van der Waals surface area contributed by atoms with Crippen LogP contribution in [0, 0.1) is 11.6 Å². The molecule has 2 aromatic heterocycles. The van der Waals surface area contributed by atoms with Crippen molar-refractivity contribution in [1.29, 1.82) is 0 Å². The molecule has 1 aliphatic carbocycles. The SMILES string of the molecule is O=C(O)c1c(F)cc(-n2cc(CN(C(=O)Cn3c(=O)[nH]c(=O)c4ccccc43)C3CC3)nn2)cc1F. The molecule has 1 fully saturated rings. The molecule has 1 saturated carbocycles. The highest BCUT2D eigenvalue weighted by atomic mass is 19.1. The van der Waals surface area contributed by atoms with Gasteiger partial charge in [-0.25, -0.2) is 23.1 Å². The number of amides is 1. The fraction of sp³-hybridized carbons (Fsp3) is 0.217. The summed E-state index contributed by atoms with van der Waals surface area (Å²) in [5.74, 6) is -4.64. The number of fused-ring (bicyclic) bond motifs is 1. The number of nitrogens with one attached hydrogen (secondary N) is 1. The molecule has 2 heterocycles. The van der Waals surface area contributed by atoms with Gasteiger partial charge >= 0.3 is 11.7 Å². The van der Waals surface area contributed by atoms with Crippen LogP contribution in [-0.4, -0.2) is 52.5 Å². The number of carboxylic acid groups (broad SMARTS) is 1. The highest BCUT2D eigenvalue weighted by molar-refractivity contribution is 5.88. The van der Waals surface area contributed by atoms with E-state index in [2.05, 4.69) is 15.3 Å². The molecule has 0 radical (unpaired) electrons. The minimum Gasteiger partial charge on any atom is -0.477 e. The molecular weight excluding hydrogens is 478 g/mol. The van der Waals surface area contributed by atoms with E-state index in [1.54, 1.807) is 24.3 Å². The average molecular weight is 496 g/mol. The van der Waals surface area contributed by atoms with Gasteiger partial charge in [-0.2, -0.15) is 0 Å². The first-order valence-electron chi connectivity index (χ1n) is 10.9. The van der Waals surface area contributed by atoms with Gasteiger partial charge in [-0.15, -0.1) is 5.10 Å². The minimum atomic E-state index is -1.73. The van der Waals surface area contributed by atoms with Crippen molar-refractivity contribution in [1.82, 2.24) is 29.4 Å². The van der Waals surface area contributed by atoms with E-state index in [1.807, 2.05) is 0 Å². The number of carbonyl (C=O) groups is 2. The second-order valence-corrected chi connectivity index (χ2v) is 8.36. The molecule has 5 rings (SSSR count). The lowest BCUT2D eigenvalue weighted by atomic mass is 10.2.